The Balaban J connectivity index is 2.45. The predicted octanol–water partition coefficient (Wildman–Crippen LogP) is 3.61. The summed E-state index contributed by atoms with van der Waals surface area (Å²) in [4.78, 5) is 9.09. The standard InChI is InChI=1S/C14H15F3N4/c1-9-4-6-10(7-5-9)21(3)12-8-11(14(15,16)17)19-13(18-2)20-12/h4-8H,1-3H3,(H,18,19,20). The number of nitrogens with one attached hydrogen (secondary N) is 1. The van der Waals surface area contributed by atoms with Gasteiger partial charge in [0.15, 0.2) is 5.69 Å². The Labute approximate surface area is 120 Å². The Morgan fingerprint density at radius 2 is 1.71 bits per heavy atom. The third-order valence-electron chi connectivity index (χ3n) is 2.99. The Morgan fingerprint density at radius 3 is 2.24 bits per heavy atom. The van der Waals surface area contributed by atoms with Crippen molar-refractivity contribution in [1.29, 1.82) is 0 Å². The lowest BCUT2D eigenvalue weighted by Crippen LogP contribution is -2.16. The molecule has 0 aliphatic rings. The summed E-state index contributed by atoms with van der Waals surface area (Å²) in [6.07, 6.45) is -4.52. The normalized spacial score (nSPS) is 11.3. The van der Waals surface area contributed by atoms with Gasteiger partial charge in [0, 0.05) is 25.8 Å². The molecule has 0 amide bonds. The summed E-state index contributed by atoms with van der Waals surface area (Å²) in [6.45, 7) is 1.94. The quantitative estimate of drug-likeness (QED) is 0.939. The molecule has 0 aliphatic heterocycles. The summed E-state index contributed by atoms with van der Waals surface area (Å²) in [5, 5.41) is 2.55. The molecule has 0 saturated carbocycles. The van der Waals surface area contributed by atoms with Crippen molar-refractivity contribution < 1.29 is 13.2 Å². The number of hydrogen-bond donors (Lipinski definition) is 1. The largest absolute Gasteiger partial charge is 0.433 e. The Kier molecular flexibility index (Phi) is 4.02. The van der Waals surface area contributed by atoms with E-state index in [1.165, 1.54) is 7.05 Å². The van der Waals surface area contributed by atoms with E-state index in [0.717, 1.165) is 17.3 Å². The van der Waals surface area contributed by atoms with Crippen molar-refractivity contribution in [3.8, 4) is 0 Å². The molecule has 7 heteroatoms. The van der Waals surface area contributed by atoms with Crippen LogP contribution in [0.25, 0.3) is 0 Å². The van der Waals surface area contributed by atoms with Gasteiger partial charge in [-0.05, 0) is 19.1 Å². The highest BCUT2D eigenvalue weighted by Crippen LogP contribution is 2.32. The van der Waals surface area contributed by atoms with Crippen LogP contribution in [0.4, 0.5) is 30.6 Å². The van der Waals surface area contributed by atoms with Crippen LogP contribution in [0.1, 0.15) is 11.3 Å². The molecule has 0 radical (unpaired) electrons. The van der Waals surface area contributed by atoms with Crippen molar-refractivity contribution in [2.24, 2.45) is 0 Å². The summed E-state index contributed by atoms with van der Waals surface area (Å²) in [5.41, 5.74) is 0.840. The number of hydrogen-bond acceptors (Lipinski definition) is 4. The Morgan fingerprint density at radius 1 is 1.10 bits per heavy atom. The van der Waals surface area contributed by atoms with Crippen molar-refractivity contribution in [3.63, 3.8) is 0 Å². The van der Waals surface area contributed by atoms with E-state index in [1.807, 2.05) is 31.2 Å². The SMILES string of the molecule is CNc1nc(N(C)c2ccc(C)cc2)cc(C(F)(F)F)n1. The van der Waals surface area contributed by atoms with Gasteiger partial charge in [-0.1, -0.05) is 17.7 Å². The van der Waals surface area contributed by atoms with Gasteiger partial charge in [-0.15, -0.1) is 0 Å². The van der Waals surface area contributed by atoms with Crippen molar-refractivity contribution in [2.75, 3.05) is 24.3 Å². The average molecular weight is 296 g/mol. The zero-order valence-electron chi connectivity index (χ0n) is 11.9. The van der Waals surface area contributed by atoms with Gasteiger partial charge in [0.1, 0.15) is 5.82 Å². The average Bonchev–Trinajstić information content (AvgIpc) is 2.46. The molecule has 4 nitrogen and oxygen atoms in total. The van der Waals surface area contributed by atoms with Gasteiger partial charge < -0.3 is 10.2 Å². The molecule has 0 unspecified atom stereocenters. The molecule has 0 aliphatic carbocycles. The van der Waals surface area contributed by atoms with Gasteiger partial charge >= 0.3 is 6.18 Å². The first-order valence-corrected chi connectivity index (χ1v) is 6.25. The maximum Gasteiger partial charge on any atom is 0.433 e. The van der Waals surface area contributed by atoms with Gasteiger partial charge in [-0.2, -0.15) is 18.2 Å². The van der Waals surface area contributed by atoms with Gasteiger partial charge in [0.25, 0.3) is 0 Å². The lowest BCUT2D eigenvalue weighted by molar-refractivity contribution is -0.141. The highest BCUT2D eigenvalue weighted by Gasteiger charge is 2.34. The maximum absolute atomic E-state index is 12.9. The summed E-state index contributed by atoms with van der Waals surface area (Å²) >= 11 is 0. The van der Waals surface area contributed by atoms with E-state index >= 15 is 0 Å². The fraction of sp³-hybridized carbons (Fsp3) is 0.286. The number of halogens is 3. The molecule has 112 valence electrons. The molecular weight excluding hydrogens is 281 g/mol. The van der Waals surface area contributed by atoms with Crippen molar-refractivity contribution >= 4 is 17.5 Å². The van der Waals surface area contributed by atoms with Crippen LogP contribution in [0.2, 0.25) is 0 Å². The number of benzene rings is 1. The highest BCUT2D eigenvalue weighted by atomic mass is 19.4. The summed E-state index contributed by atoms with van der Waals surface area (Å²) < 4.78 is 38.6. The van der Waals surface area contributed by atoms with Gasteiger partial charge in [0.05, 0.1) is 0 Å². The maximum atomic E-state index is 12.9. The summed E-state index contributed by atoms with van der Waals surface area (Å²) in [6, 6.07) is 8.35. The second-order valence-electron chi connectivity index (χ2n) is 4.58. The minimum atomic E-state index is -4.52. The van der Waals surface area contributed by atoms with E-state index < -0.39 is 11.9 Å². The molecule has 0 bridgehead atoms. The molecular formula is C14H15F3N4. The minimum Gasteiger partial charge on any atom is -0.357 e. The number of anilines is 3. The van der Waals surface area contributed by atoms with E-state index in [-0.39, 0.29) is 11.8 Å². The van der Waals surface area contributed by atoms with Gasteiger partial charge in [-0.25, -0.2) is 4.98 Å². The second-order valence-corrected chi connectivity index (χ2v) is 4.58. The Hall–Kier alpha value is -2.31. The van der Waals surface area contributed by atoms with E-state index in [1.54, 1.807) is 11.9 Å². The summed E-state index contributed by atoms with van der Waals surface area (Å²) in [5.74, 6) is 0.101. The van der Waals surface area contributed by atoms with Crippen molar-refractivity contribution in [2.45, 2.75) is 13.1 Å². The molecule has 2 rings (SSSR count). The highest BCUT2D eigenvalue weighted by molar-refractivity contribution is 5.60. The van der Waals surface area contributed by atoms with Crippen LogP contribution in [0.15, 0.2) is 30.3 Å². The van der Waals surface area contributed by atoms with E-state index in [4.69, 9.17) is 0 Å². The molecule has 21 heavy (non-hydrogen) atoms. The molecule has 1 heterocycles. The summed E-state index contributed by atoms with van der Waals surface area (Å²) in [7, 11) is 3.14. The zero-order chi connectivity index (χ0) is 15.6. The fourth-order valence-corrected chi connectivity index (χ4v) is 1.76. The van der Waals surface area contributed by atoms with Crippen LogP contribution in [0.3, 0.4) is 0 Å². The lowest BCUT2D eigenvalue weighted by atomic mass is 10.2. The van der Waals surface area contributed by atoms with Crippen LogP contribution in [-0.4, -0.2) is 24.1 Å². The van der Waals surface area contributed by atoms with Gasteiger partial charge in [0.2, 0.25) is 5.95 Å². The molecule has 0 atom stereocenters. The second kappa shape index (κ2) is 5.59. The number of alkyl halides is 3. The third kappa shape index (κ3) is 3.42. The molecule has 2 aromatic rings. The fourth-order valence-electron chi connectivity index (χ4n) is 1.76. The van der Waals surface area contributed by atoms with Gasteiger partial charge in [-0.3, -0.25) is 0 Å². The van der Waals surface area contributed by atoms with Crippen LogP contribution >= 0.6 is 0 Å². The monoisotopic (exact) mass is 296 g/mol. The number of rotatable bonds is 3. The van der Waals surface area contributed by atoms with Crippen LogP contribution in [0, 0.1) is 6.92 Å². The van der Waals surface area contributed by atoms with Crippen LogP contribution in [-0.2, 0) is 6.18 Å². The first-order chi connectivity index (χ1) is 9.81. The lowest BCUT2D eigenvalue weighted by Gasteiger charge is -2.20. The van der Waals surface area contributed by atoms with E-state index in [2.05, 4.69) is 15.3 Å². The first kappa shape index (κ1) is 15.1. The number of nitrogens with zero attached hydrogens (tertiary/aromatic N) is 3. The molecule has 0 saturated heterocycles. The van der Waals surface area contributed by atoms with Crippen LogP contribution < -0.4 is 10.2 Å². The van der Waals surface area contributed by atoms with E-state index in [0.29, 0.717) is 0 Å². The number of aromatic nitrogens is 2. The minimum absolute atomic E-state index is 0.0706. The first-order valence-electron chi connectivity index (χ1n) is 6.25. The molecule has 1 aromatic heterocycles. The van der Waals surface area contributed by atoms with Crippen molar-refractivity contribution in [3.05, 3.63) is 41.6 Å². The molecule has 0 fully saturated rings. The van der Waals surface area contributed by atoms with Crippen LogP contribution in [0.5, 0.6) is 0 Å². The van der Waals surface area contributed by atoms with Crippen molar-refractivity contribution in [1.82, 2.24) is 9.97 Å². The molecule has 1 aromatic carbocycles. The third-order valence-corrected chi connectivity index (χ3v) is 2.99. The molecule has 1 N–H and O–H groups in total. The van der Waals surface area contributed by atoms with E-state index in [9.17, 15) is 13.2 Å². The zero-order valence-corrected chi connectivity index (χ0v) is 11.9. The number of aryl methyl sites for hydroxylation is 1. The smallest absolute Gasteiger partial charge is 0.357 e. The molecule has 0 spiro atoms. The Bertz CT molecular complexity index is 623. The topological polar surface area (TPSA) is 41.1 Å². The predicted molar refractivity (Wildman–Crippen MR) is 75.8 cm³/mol.